The van der Waals surface area contributed by atoms with E-state index in [1.54, 1.807) is 25.1 Å². The number of rotatable bonds is 6. The van der Waals surface area contributed by atoms with Crippen LogP contribution in [0.5, 0.6) is 0 Å². The quantitative estimate of drug-likeness (QED) is 0.851. The largest absolute Gasteiger partial charge is 0.396 e. The van der Waals surface area contributed by atoms with E-state index in [0.717, 1.165) is 12.8 Å². The molecule has 1 aliphatic rings. The van der Waals surface area contributed by atoms with Gasteiger partial charge in [0.1, 0.15) is 0 Å². The molecule has 6 heteroatoms. The lowest BCUT2D eigenvalue weighted by Gasteiger charge is -2.17. The number of amides is 1. The Balaban J connectivity index is 1.83. The topological polar surface area (TPSA) is 88.2 Å². The fraction of sp³-hybridized carbons (Fsp3) is 0.438. The summed E-state index contributed by atoms with van der Waals surface area (Å²) in [4.78, 5) is 16.8. The van der Waals surface area contributed by atoms with Gasteiger partial charge in [0, 0.05) is 12.6 Å². The minimum Gasteiger partial charge on any atom is -0.396 e. The van der Waals surface area contributed by atoms with E-state index in [1.807, 2.05) is 6.07 Å². The Labute approximate surface area is 128 Å². The first-order valence-electron chi connectivity index (χ1n) is 7.50. The second-order valence-corrected chi connectivity index (χ2v) is 5.62. The Morgan fingerprint density at radius 1 is 1.45 bits per heavy atom. The lowest BCUT2D eigenvalue weighted by Crippen LogP contribution is -2.37. The third-order valence-electron chi connectivity index (χ3n) is 3.88. The number of carbonyl (C=O) groups is 1. The van der Waals surface area contributed by atoms with Crippen LogP contribution in [0.1, 0.15) is 35.4 Å². The maximum Gasteiger partial charge on any atom is 0.258 e. The zero-order chi connectivity index (χ0) is 15.5. The van der Waals surface area contributed by atoms with Crippen LogP contribution in [-0.2, 0) is 0 Å². The van der Waals surface area contributed by atoms with Crippen LogP contribution in [0.2, 0.25) is 0 Å². The number of hydrogen-bond donors (Lipinski definition) is 2. The maximum atomic E-state index is 12.6. The maximum absolute atomic E-state index is 12.6. The van der Waals surface area contributed by atoms with Crippen LogP contribution in [0.3, 0.4) is 0 Å². The number of nitrogens with zero attached hydrogens (tertiary/aromatic N) is 2. The predicted molar refractivity (Wildman–Crippen MR) is 80.2 cm³/mol. The highest BCUT2D eigenvalue weighted by molar-refractivity contribution is 6.00. The van der Waals surface area contributed by atoms with Crippen LogP contribution in [0.25, 0.3) is 11.5 Å². The van der Waals surface area contributed by atoms with Crippen molar-refractivity contribution in [1.29, 1.82) is 0 Å². The van der Waals surface area contributed by atoms with Crippen molar-refractivity contribution in [3.63, 3.8) is 0 Å². The van der Waals surface area contributed by atoms with Gasteiger partial charge in [-0.3, -0.25) is 4.79 Å². The summed E-state index contributed by atoms with van der Waals surface area (Å²) in [6, 6.07) is 7.19. The van der Waals surface area contributed by atoms with Crippen LogP contribution < -0.4 is 5.32 Å². The zero-order valence-corrected chi connectivity index (χ0v) is 12.5. The van der Waals surface area contributed by atoms with E-state index in [4.69, 9.17) is 9.63 Å². The third-order valence-corrected chi connectivity index (χ3v) is 3.88. The predicted octanol–water partition coefficient (Wildman–Crippen LogP) is 1.94. The molecule has 0 saturated heterocycles. The molecule has 2 aromatic rings. The molecule has 1 heterocycles. The number of aliphatic hydroxyl groups is 1. The van der Waals surface area contributed by atoms with Gasteiger partial charge in [-0.05, 0) is 44.2 Å². The summed E-state index contributed by atoms with van der Waals surface area (Å²) in [5.41, 5.74) is 1.13. The fourth-order valence-electron chi connectivity index (χ4n) is 2.58. The second kappa shape index (κ2) is 6.27. The summed E-state index contributed by atoms with van der Waals surface area (Å²) in [6.45, 7) is 1.81. The molecule has 22 heavy (non-hydrogen) atoms. The van der Waals surface area contributed by atoms with E-state index < -0.39 is 0 Å². The number of hydrogen-bond acceptors (Lipinski definition) is 5. The molecule has 1 fully saturated rings. The van der Waals surface area contributed by atoms with Gasteiger partial charge in [-0.25, -0.2) is 0 Å². The summed E-state index contributed by atoms with van der Waals surface area (Å²) in [5, 5.41) is 15.9. The Hall–Kier alpha value is -2.21. The zero-order valence-electron chi connectivity index (χ0n) is 12.5. The number of aliphatic hydroxyl groups excluding tert-OH is 1. The Morgan fingerprint density at radius 3 is 2.86 bits per heavy atom. The van der Waals surface area contributed by atoms with Crippen molar-refractivity contribution in [2.24, 2.45) is 5.92 Å². The van der Waals surface area contributed by atoms with Crippen LogP contribution in [0.4, 0.5) is 0 Å². The van der Waals surface area contributed by atoms with Gasteiger partial charge in [0.2, 0.25) is 0 Å². The van der Waals surface area contributed by atoms with Crippen molar-refractivity contribution in [2.75, 3.05) is 6.61 Å². The number of nitrogens with one attached hydrogen (secondary N) is 1. The molecule has 116 valence electrons. The molecule has 0 spiro atoms. The number of benzene rings is 1. The number of aryl methyl sites for hydroxylation is 1. The van der Waals surface area contributed by atoms with Crippen LogP contribution in [0, 0.1) is 12.8 Å². The van der Waals surface area contributed by atoms with Crippen molar-refractivity contribution in [1.82, 2.24) is 15.5 Å². The molecule has 1 aliphatic carbocycles. The van der Waals surface area contributed by atoms with Crippen LogP contribution in [0.15, 0.2) is 28.8 Å². The first kappa shape index (κ1) is 14.7. The summed E-state index contributed by atoms with van der Waals surface area (Å²) in [7, 11) is 0. The Kier molecular flexibility index (Phi) is 4.20. The normalized spacial score (nSPS) is 15.5. The van der Waals surface area contributed by atoms with Crippen molar-refractivity contribution >= 4 is 5.91 Å². The van der Waals surface area contributed by atoms with Gasteiger partial charge in [0.15, 0.2) is 5.82 Å². The highest BCUT2D eigenvalue weighted by Crippen LogP contribution is 2.34. The number of carbonyl (C=O) groups excluding carboxylic acids is 1. The van der Waals surface area contributed by atoms with E-state index in [9.17, 15) is 4.79 Å². The summed E-state index contributed by atoms with van der Waals surface area (Å²) in [5.74, 6) is 1.18. The molecule has 1 amide bonds. The van der Waals surface area contributed by atoms with E-state index >= 15 is 0 Å². The molecule has 0 bridgehead atoms. The minimum atomic E-state index is -0.170. The molecule has 1 saturated carbocycles. The molecule has 1 unspecified atom stereocenters. The highest BCUT2D eigenvalue weighted by atomic mass is 16.5. The fourth-order valence-corrected chi connectivity index (χ4v) is 2.58. The first-order valence-corrected chi connectivity index (χ1v) is 7.50. The average molecular weight is 301 g/mol. The van der Waals surface area contributed by atoms with Gasteiger partial charge in [0.25, 0.3) is 11.8 Å². The monoisotopic (exact) mass is 301 g/mol. The third kappa shape index (κ3) is 3.17. The van der Waals surface area contributed by atoms with Crippen LogP contribution in [-0.4, -0.2) is 33.8 Å². The standard InChI is InChI=1S/C16H19N3O3/c1-10-17-16(22-19-10)13-5-3-2-4-12(13)15(21)18-14(8-9-20)11-6-7-11/h2-5,11,14,20H,6-9H2,1H3,(H,18,21). The second-order valence-electron chi connectivity index (χ2n) is 5.62. The SMILES string of the molecule is Cc1noc(-c2ccccc2C(=O)NC(CCO)C2CC2)n1. The Bertz CT molecular complexity index is 664. The van der Waals surface area contributed by atoms with E-state index in [2.05, 4.69) is 15.5 Å². The molecular formula is C16H19N3O3. The van der Waals surface area contributed by atoms with Crippen LogP contribution >= 0.6 is 0 Å². The summed E-state index contributed by atoms with van der Waals surface area (Å²) in [6.07, 6.45) is 2.79. The van der Waals surface area contributed by atoms with Crippen molar-refractivity contribution in [3.05, 3.63) is 35.7 Å². The van der Waals surface area contributed by atoms with Crippen molar-refractivity contribution in [3.8, 4) is 11.5 Å². The minimum absolute atomic E-state index is 0.0231. The molecule has 0 aliphatic heterocycles. The van der Waals surface area contributed by atoms with E-state index in [-0.39, 0.29) is 18.6 Å². The smallest absolute Gasteiger partial charge is 0.258 e. The van der Waals surface area contributed by atoms with Crippen molar-refractivity contribution in [2.45, 2.75) is 32.2 Å². The molecular weight excluding hydrogens is 282 g/mol. The van der Waals surface area contributed by atoms with Gasteiger partial charge in [0.05, 0.1) is 11.1 Å². The first-order chi connectivity index (χ1) is 10.7. The van der Waals surface area contributed by atoms with Crippen molar-refractivity contribution < 1.29 is 14.4 Å². The van der Waals surface area contributed by atoms with Gasteiger partial charge in [-0.15, -0.1) is 0 Å². The number of aromatic nitrogens is 2. The van der Waals surface area contributed by atoms with E-state index in [1.165, 1.54) is 0 Å². The summed E-state index contributed by atoms with van der Waals surface area (Å²) >= 11 is 0. The summed E-state index contributed by atoms with van der Waals surface area (Å²) < 4.78 is 5.17. The lowest BCUT2D eigenvalue weighted by molar-refractivity contribution is 0.0924. The van der Waals surface area contributed by atoms with Gasteiger partial charge in [-0.2, -0.15) is 4.98 Å². The van der Waals surface area contributed by atoms with Gasteiger partial charge >= 0.3 is 0 Å². The lowest BCUT2D eigenvalue weighted by atomic mass is 10.0. The Morgan fingerprint density at radius 2 is 2.23 bits per heavy atom. The molecule has 2 N–H and O–H groups in total. The molecule has 6 nitrogen and oxygen atoms in total. The highest BCUT2D eigenvalue weighted by Gasteiger charge is 2.32. The molecule has 1 aromatic carbocycles. The molecule has 3 rings (SSSR count). The average Bonchev–Trinajstić information content (AvgIpc) is 3.28. The molecule has 1 atom stereocenters. The van der Waals surface area contributed by atoms with Gasteiger partial charge in [-0.1, -0.05) is 17.3 Å². The molecule has 0 radical (unpaired) electrons. The van der Waals surface area contributed by atoms with Gasteiger partial charge < -0.3 is 14.9 Å². The molecule has 1 aromatic heterocycles. The van der Waals surface area contributed by atoms with E-state index in [0.29, 0.717) is 35.2 Å².